The molecule has 0 saturated heterocycles. The van der Waals surface area contributed by atoms with Gasteiger partial charge in [-0.1, -0.05) is 23.7 Å². The number of para-hydroxylation sites is 1. The molecule has 0 unspecified atom stereocenters. The van der Waals surface area contributed by atoms with E-state index in [4.69, 9.17) is 31.0 Å². The average Bonchev–Trinajstić information content (AvgIpc) is 3.23. The van der Waals surface area contributed by atoms with Gasteiger partial charge < -0.3 is 14.4 Å². The molecule has 4 aromatic rings. The van der Waals surface area contributed by atoms with Crippen molar-refractivity contribution < 1.29 is 9.47 Å². The standard InChI is InChI=1S/C21H20ClN5O2/c1-4-27(17-10-9-13(28-2)11-15(17)22)21-24-16-12-23-26-20(16)19(25-21)14-7-5-6-8-18(14)29-3/h5-12H,4H2,1-3H3,(H,23,26). The predicted octanol–water partition coefficient (Wildman–Crippen LogP) is 4.85. The maximum atomic E-state index is 6.52. The lowest BCUT2D eigenvalue weighted by Gasteiger charge is -2.23. The molecular formula is C21H20ClN5O2. The molecule has 0 spiro atoms. The number of H-pyrrole nitrogens is 1. The number of fused-ring (bicyclic) bond motifs is 1. The fourth-order valence-electron chi connectivity index (χ4n) is 3.24. The highest BCUT2D eigenvalue weighted by Crippen LogP contribution is 2.37. The number of ether oxygens (including phenoxy) is 2. The van der Waals surface area contributed by atoms with E-state index in [-0.39, 0.29) is 0 Å². The summed E-state index contributed by atoms with van der Waals surface area (Å²) >= 11 is 6.52. The normalized spacial score (nSPS) is 10.9. The van der Waals surface area contributed by atoms with E-state index in [0.717, 1.165) is 22.5 Å². The summed E-state index contributed by atoms with van der Waals surface area (Å²) in [5.74, 6) is 1.93. The summed E-state index contributed by atoms with van der Waals surface area (Å²) in [4.78, 5) is 11.5. The minimum atomic E-state index is 0.523. The Balaban J connectivity index is 1.90. The Morgan fingerprint density at radius 2 is 1.90 bits per heavy atom. The van der Waals surface area contributed by atoms with Crippen molar-refractivity contribution in [3.8, 4) is 22.8 Å². The molecule has 29 heavy (non-hydrogen) atoms. The van der Waals surface area contributed by atoms with Crippen LogP contribution in [-0.4, -0.2) is 40.9 Å². The van der Waals surface area contributed by atoms with Crippen LogP contribution in [0.1, 0.15) is 6.92 Å². The lowest BCUT2D eigenvalue weighted by molar-refractivity contribution is 0.415. The van der Waals surface area contributed by atoms with Gasteiger partial charge in [0.05, 0.1) is 31.1 Å². The fraction of sp³-hybridized carbons (Fsp3) is 0.190. The van der Waals surface area contributed by atoms with Gasteiger partial charge in [-0.2, -0.15) is 5.10 Å². The summed E-state index contributed by atoms with van der Waals surface area (Å²) in [5, 5.41) is 7.71. The van der Waals surface area contributed by atoms with Crippen LogP contribution in [0.2, 0.25) is 5.02 Å². The molecule has 1 N–H and O–H groups in total. The molecule has 0 aliphatic rings. The molecule has 4 rings (SSSR count). The average molecular weight is 410 g/mol. The number of halogens is 1. The Hall–Kier alpha value is -3.32. The zero-order chi connectivity index (χ0) is 20.4. The molecule has 0 amide bonds. The number of nitrogens with one attached hydrogen (secondary N) is 1. The molecule has 7 nitrogen and oxygen atoms in total. The highest BCUT2D eigenvalue weighted by molar-refractivity contribution is 6.33. The summed E-state index contributed by atoms with van der Waals surface area (Å²) in [6, 6.07) is 13.3. The van der Waals surface area contributed by atoms with E-state index >= 15 is 0 Å². The summed E-state index contributed by atoms with van der Waals surface area (Å²) in [6.45, 7) is 2.65. The number of nitrogens with zero attached hydrogens (tertiary/aromatic N) is 4. The van der Waals surface area contributed by atoms with Gasteiger partial charge in [-0.05, 0) is 31.2 Å². The smallest absolute Gasteiger partial charge is 0.231 e. The molecule has 0 aliphatic heterocycles. The van der Waals surface area contributed by atoms with Crippen LogP contribution in [0.3, 0.4) is 0 Å². The lowest BCUT2D eigenvalue weighted by atomic mass is 10.1. The van der Waals surface area contributed by atoms with Gasteiger partial charge in [0.15, 0.2) is 0 Å². The molecule has 0 aliphatic carbocycles. The number of anilines is 2. The van der Waals surface area contributed by atoms with E-state index < -0.39 is 0 Å². The first kappa shape index (κ1) is 19.0. The number of aromatic amines is 1. The molecule has 8 heteroatoms. The second-order valence-corrected chi connectivity index (χ2v) is 6.67. The van der Waals surface area contributed by atoms with Crippen molar-refractivity contribution in [3.05, 3.63) is 53.7 Å². The van der Waals surface area contributed by atoms with Crippen molar-refractivity contribution in [1.82, 2.24) is 20.2 Å². The van der Waals surface area contributed by atoms with Crippen molar-refractivity contribution in [1.29, 1.82) is 0 Å². The quantitative estimate of drug-likeness (QED) is 0.490. The van der Waals surface area contributed by atoms with Gasteiger partial charge in [0.1, 0.15) is 28.2 Å². The third kappa shape index (κ3) is 3.45. The zero-order valence-electron chi connectivity index (χ0n) is 16.3. The largest absolute Gasteiger partial charge is 0.497 e. The van der Waals surface area contributed by atoms with E-state index in [9.17, 15) is 0 Å². The van der Waals surface area contributed by atoms with Crippen LogP contribution in [0.5, 0.6) is 11.5 Å². The minimum Gasteiger partial charge on any atom is -0.497 e. The van der Waals surface area contributed by atoms with Crippen LogP contribution in [0.25, 0.3) is 22.3 Å². The monoisotopic (exact) mass is 409 g/mol. The summed E-state index contributed by atoms with van der Waals surface area (Å²) in [7, 11) is 3.25. The zero-order valence-corrected chi connectivity index (χ0v) is 17.1. The van der Waals surface area contributed by atoms with Gasteiger partial charge in [-0.25, -0.2) is 9.97 Å². The minimum absolute atomic E-state index is 0.523. The van der Waals surface area contributed by atoms with Gasteiger partial charge >= 0.3 is 0 Å². The van der Waals surface area contributed by atoms with Crippen LogP contribution < -0.4 is 14.4 Å². The summed E-state index contributed by atoms with van der Waals surface area (Å²) < 4.78 is 10.8. The van der Waals surface area contributed by atoms with Crippen molar-refractivity contribution in [2.24, 2.45) is 0 Å². The van der Waals surface area contributed by atoms with E-state index in [2.05, 4.69) is 10.2 Å². The molecule has 2 aromatic carbocycles. The van der Waals surface area contributed by atoms with E-state index in [0.29, 0.717) is 34.5 Å². The van der Waals surface area contributed by atoms with Crippen molar-refractivity contribution in [3.63, 3.8) is 0 Å². The van der Waals surface area contributed by atoms with Crippen LogP contribution in [0.4, 0.5) is 11.6 Å². The van der Waals surface area contributed by atoms with Crippen molar-refractivity contribution >= 4 is 34.3 Å². The van der Waals surface area contributed by atoms with E-state index in [1.54, 1.807) is 26.5 Å². The molecule has 2 heterocycles. The highest BCUT2D eigenvalue weighted by atomic mass is 35.5. The summed E-state index contributed by atoms with van der Waals surface area (Å²) in [5.41, 5.74) is 3.81. The van der Waals surface area contributed by atoms with Crippen LogP contribution in [0, 0.1) is 0 Å². The third-order valence-electron chi connectivity index (χ3n) is 4.65. The first-order chi connectivity index (χ1) is 14.2. The molecule has 0 saturated carbocycles. The van der Waals surface area contributed by atoms with Gasteiger partial charge in [-0.3, -0.25) is 5.10 Å². The molecule has 2 aromatic heterocycles. The van der Waals surface area contributed by atoms with Gasteiger partial charge in [0.2, 0.25) is 5.95 Å². The Labute approximate surface area is 173 Å². The van der Waals surface area contributed by atoms with Crippen LogP contribution in [0.15, 0.2) is 48.7 Å². The lowest BCUT2D eigenvalue weighted by Crippen LogP contribution is -2.19. The number of benzene rings is 2. The topological polar surface area (TPSA) is 76.2 Å². The van der Waals surface area contributed by atoms with E-state index in [1.807, 2.05) is 48.2 Å². The molecular weight excluding hydrogens is 390 g/mol. The summed E-state index contributed by atoms with van der Waals surface area (Å²) in [6.07, 6.45) is 1.68. The van der Waals surface area contributed by atoms with Gasteiger partial charge in [0.25, 0.3) is 0 Å². The molecule has 0 radical (unpaired) electrons. The Morgan fingerprint density at radius 3 is 2.62 bits per heavy atom. The number of hydrogen-bond donors (Lipinski definition) is 1. The first-order valence-corrected chi connectivity index (χ1v) is 9.49. The van der Waals surface area contributed by atoms with Gasteiger partial charge in [-0.15, -0.1) is 0 Å². The number of methoxy groups -OCH3 is 2. The van der Waals surface area contributed by atoms with Crippen molar-refractivity contribution in [2.75, 3.05) is 25.7 Å². The SMILES string of the molecule is CCN(c1nc(-c2ccccc2OC)c2[nH]ncc2n1)c1ccc(OC)cc1Cl. The Morgan fingerprint density at radius 1 is 1.07 bits per heavy atom. The highest BCUT2D eigenvalue weighted by Gasteiger charge is 2.20. The molecule has 0 atom stereocenters. The van der Waals surface area contributed by atoms with Crippen LogP contribution >= 0.6 is 11.6 Å². The molecule has 148 valence electrons. The fourth-order valence-corrected chi connectivity index (χ4v) is 3.51. The van der Waals surface area contributed by atoms with Crippen LogP contribution in [-0.2, 0) is 0 Å². The predicted molar refractivity (Wildman–Crippen MR) is 114 cm³/mol. The number of rotatable bonds is 6. The van der Waals surface area contributed by atoms with Crippen molar-refractivity contribution in [2.45, 2.75) is 6.92 Å². The van der Waals surface area contributed by atoms with E-state index in [1.165, 1.54) is 0 Å². The maximum absolute atomic E-state index is 6.52. The maximum Gasteiger partial charge on any atom is 0.231 e. The van der Waals surface area contributed by atoms with Gasteiger partial charge in [0, 0.05) is 18.2 Å². The molecule has 0 bridgehead atoms. The third-order valence-corrected chi connectivity index (χ3v) is 4.96. The second-order valence-electron chi connectivity index (χ2n) is 6.26. The Kier molecular flexibility index (Phi) is 5.22. The second kappa shape index (κ2) is 7.97. The Bertz CT molecular complexity index is 1160. The first-order valence-electron chi connectivity index (χ1n) is 9.11. The number of hydrogen-bond acceptors (Lipinski definition) is 6. The number of aromatic nitrogens is 4. The molecule has 0 fully saturated rings.